The summed E-state index contributed by atoms with van der Waals surface area (Å²) in [4.78, 5) is 13.4. The van der Waals surface area contributed by atoms with Crippen LogP contribution < -0.4 is 5.14 Å². The molecule has 0 radical (unpaired) electrons. The maximum atomic E-state index is 11.9. The largest absolute Gasteiger partial charge is 0.444 e. The van der Waals surface area contributed by atoms with Crippen molar-refractivity contribution in [3.63, 3.8) is 0 Å². The van der Waals surface area contributed by atoms with E-state index in [9.17, 15) is 13.2 Å². The van der Waals surface area contributed by atoms with Gasteiger partial charge in [0.1, 0.15) is 5.60 Å². The second-order valence-electron chi connectivity index (χ2n) is 5.30. The van der Waals surface area contributed by atoms with Gasteiger partial charge in [-0.25, -0.2) is 18.4 Å². The van der Waals surface area contributed by atoms with Crippen LogP contribution in [0.2, 0.25) is 0 Å². The number of hydrogen-bond acceptors (Lipinski definition) is 4. The molecule has 104 valence electrons. The second kappa shape index (κ2) is 5.27. The van der Waals surface area contributed by atoms with Crippen molar-refractivity contribution in [2.24, 2.45) is 5.14 Å². The zero-order valence-electron chi connectivity index (χ0n) is 10.9. The first-order valence-electron chi connectivity index (χ1n) is 5.79. The van der Waals surface area contributed by atoms with Gasteiger partial charge in [-0.15, -0.1) is 0 Å². The van der Waals surface area contributed by atoms with Crippen molar-refractivity contribution in [1.82, 2.24) is 4.90 Å². The Hall–Kier alpha value is -1.08. The molecule has 0 aromatic heterocycles. The number of amides is 1. The monoisotopic (exact) mass is 276 g/mol. The van der Waals surface area contributed by atoms with Crippen molar-refractivity contribution < 1.29 is 17.9 Å². The van der Waals surface area contributed by atoms with Crippen molar-refractivity contribution in [2.75, 3.05) is 6.54 Å². The van der Waals surface area contributed by atoms with Gasteiger partial charge in [-0.1, -0.05) is 0 Å². The normalized spacial score (nSPS) is 21.6. The lowest BCUT2D eigenvalue weighted by Gasteiger charge is -2.27. The third kappa shape index (κ3) is 5.05. The highest BCUT2D eigenvalue weighted by Gasteiger charge is 2.30. The van der Waals surface area contributed by atoms with Gasteiger partial charge in [-0.2, -0.15) is 0 Å². The summed E-state index contributed by atoms with van der Waals surface area (Å²) in [5.74, 6) is 0. The van der Waals surface area contributed by atoms with Crippen molar-refractivity contribution >= 4 is 16.1 Å². The van der Waals surface area contributed by atoms with E-state index >= 15 is 0 Å². The van der Waals surface area contributed by atoms with Crippen molar-refractivity contribution in [1.29, 1.82) is 0 Å². The fourth-order valence-electron chi connectivity index (χ4n) is 1.74. The van der Waals surface area contributed by atoms with Crippen LogP contribution in [0, 0.1) is 0 Å². The number of carbonyl (C=O) groups is 1. The quantitative estimate of drug-likeness (QED) is 0.820. The van der Waals surface area contributed by atoms with E-state index in [1.807, 2.05) is 0 Å². The Bertz CT molecular complexity index is 436. The minimum Gasteiger partial charge on any atom is -0.444 e. The zero-order valence-corrected chi connectivity index (χ0v) is 11.7. The van der Waals surface area contributed by atoms with Gasteiger partial charge in [0.25, 0.3) is 0 Å². The Balaban J connectivity index is 2.71. The van der Waals surface area contributed by atoms with Crippen LogP contribution in [0.1, 0.15) is 33.6 Å². The molecule has 7 heteroatoms. The van der Waals surface area contributed by atoms with Crippen LogP contribution in [0.3, 0.4) is 0 Å². The number of nitrogens with two attached hydrogens (primary N) is 1. The van der Waals surface area contributed by atoms with E-state index in [1.165, 1.54) is 11.0 Å². The summed E-state index contributed by atoms with van der Waals surface area (Å²) in [5.41, 5.74) is -0.562. The van der Waals surface area contributed by atoms with E-state index < -0.39 is 21.7 Å². The minimum atomic E-state index is -3.66. The van der Waals surface area contributed by atoms with E-state index in [0.717, 1.165) is 11.8 Å². The standard InChI is InChI=1S/C11H20N2O4S/c1-11(2,3)17-10(14)13-7-4-5-9(13)6-8-18(12,15)16/h6,8-9H,4-5,7H2,1-3H3,(H2,12,15,16)/b8-6-/t9-/m0/s1. The molecule has 18 heavy (non-hydrogen) atoms. The Kier molecular flexibility index (Phi) is 4.39. The first kappa shape index (κ1) is 15.0. The molecule has 0 aromatic rings. The molecule has 0 unspecified atom stereocenters. The second-order valence-corrected chi connectivity index (χ2v) is 6.75. The predicted molar refractivity (Wildman–Crippen MR) is 68.2 cm³/mol. The lowest BCUT2D eigenvalue weighted by molar-refractivity contribution is 0.0256. The Labute approximate surface area is 108 Å². The molecule has 1 amide bonds. The first-order chi connectivity index (χ1) is 8.08. The number of nitrogens with zero attached hydrogens (tertiary/aromatic N) is 1. The molecular weight excluding hydrogens is 256 g/mol. The van der Waals surface area contributed by atoms with Crippen LogP contribution in [0.15, 0.2) is 11.5 Å². The molecular formula is C11H20N2O4S. The number of carbonyl (C=O) groups excluding carboxylic acids is 1. The summed E-state index contributed by atoms with van der Waals surface area (Å²) in [6.45, 7) is 5.93. The third-order valence-corrected chi connectivity index (χ3v) is 2.95. The van der Waals surface area contributed by atoms with Crippen molar-refractivity contribution in [2.45, 2.75) is 45.3 Å². The van der Waals surface area contributed by atoms with E-state index in [-0.39, 0.29) is 6.04 Å². The summed E-state index contributed by atoms with van der Waals surface area (Å²) in [7, 11) is -3.66. The highest BCUT2D eigenvalue weighted by molar-refractivity contribution is 7.92. The lowest BCUT2D eigenvalue weighted by Crippen LogP contribution is -2.39. The number of primary sulfonamides is 1. The van der Waals surface area contributed by atoms with Gasteiger partial charge >= 0.3 is 6.09 Å². The summed E-state index contributed by atoms with van der Waals surface area (Å²) >= 11 is 0. The molecule has 1 saturated heterocycles. The predicted octanol–water partition coefficient (Wildman–Crippen LogP) is 1.19. The molecule has 6 nitrogen and oxygen atoms in total. The number of likely N-dealkylation sites (tertiary alicyclic amines) is 1. The Morgan fingerprint density at radius 1 is 1.44 bits per heavy atom. The molecule has 0 saturated carbocycles. The molecule has 0 spiro atoms. The maximum Gasteiger partial charge on any atom is 0.410 e. The topological polar surface area (TPSA) is 89.7 Å². The molecule has 1 atom stereocenters. The highest BCUT2D eigenvalue weighted by Crippen LogP contribution is 2.21. The van der Waals surface area contributed by atoms with Crippen molar-refractivity contribution in [3.05, 3.63) is 11.5 Å². The lowest BCUT2D eigenvalue weighted by atomic mass is 10.2. The summed E-state index contributed by atoms with van der Waals surface area (Å²) in [6.07, 6.45) is 2.54. The van der Waals surface area contributed by atoms with E-state index in [0.29, 0.717) is 13.0 Å². The van der Waals surface area contributed by atoms with Gasteiger partial charge in [0, 0.05) is 12.0 Å². The summed E-state index contributed by atoms with van der Waals surface area (Å²) < 4.78 is 27.0. The molecule has 0 bridgehead atoms. The molecule has 0 aliphatic carbocycles. The van der Waals surface area contributed by atoms with Crippen molar-refractivity contribution in [3.8, 4) is 0 Å². The van der Waals surface area contributed by atoms with Crippen LogP contribution in [0.4, 0.5) is 4.79 Å². The summed E-state index contributed by atoms with van der Waals surface area (Å²) in [5, 5.41) is 5.82. The van der Waals surface area contributed by atoms with Crippen LogP contribution in [0.25, 0.3) is 0 Å². The average Bonchev–Trinajstić information content (AvgIpc) is 2.58. The van der Waals surface area contributed by atoms with Crippen LogP contribution in [-0.4, -0.2) is 37.6 Å². The maximum absolute atomic E-state index is 11.9. The summed E-state index contributed by atoms with van der Waals surface area (Å²) in [6, 6.07) is -0.266. The molecule has 1 aliphatic rings. The fraction of sp³-hybridized carbons (Fsp3) is 0.727. The van der Waals surface area contributed by atoms with Gasteiger partial charge in [0.05, 0.1) is 6.04 Å². The molecule has 2 N–H and O–H groups in total. The average molecular weight is 276 g/mol. The van der Waals surface area contributed by atoms with Gasteiger partial charge in [0.2, 0.25) is 10.0 Å². The number of rotatable bonds is 2. The Morgan fingerprint density at radius 3 is 2.56 bits per heavy atom. The molecule has 0 aromatic carbocycles. The molecule has 1 aliphatic heterocycles. The van der Waals surface area contributed by atoms with E-state index in [4.69, 9.17) is 9.88 Å². The number of ether oxygens (including phenoxy) is 1. The van der Waals surface area contributed by atoms with Gasteiger partial charge in [0.15, 0.2) is 0 Å². The van der Waals surface area contributed by atoms with Gasteiger partial charge in [-0.3, -0.25) is 0 Å². The molecule has 1 heterocycles. The minimum absolute atomic E-state index is 0.266. The Morgan fingerprint density at radius 2 is 2.06 bits per heavy atom. The number of hydrogen-bond donors (Lipinski definition) is 1. The van der Waals surface area contributed by atoms with Crippen LogP contribution in [0.5, 0.6) is 0 Å². The smallest absolute Gasteiger partial charge is 0.410 e. The molecule has 1 rings (SSSR count). The van der Waals surface area contributed by atoms with E-state index in [1.54, 1.807) is 20.8 Å². The molecule has 1 fully saturated rings. The highest BCUT2D eigenvalue weighted by atomic mass is 32.2. The van der Waals surface area contributed by atoms with Gasteiger partial charge in [-0.05, 0) is 39.7 Å². The first-order valence-corrected chi connectivity index (χ1v) is 7.40. The fourth-order valence-corrected chi connectivity index (χ4v) is 2.14. The number of sulfonamides is 1. The van der Waals surface area contributed by atoms with Gasteiger partial charge < -0.3 is 9.64 Å². The third-order valence-electron chi connectivity index (χ3n) is 2.42. The van der Waals surface area contributed by atoms with Crippen LogP contribution in [-0.2, 0) is 14.8 Å². The van der Waals surface area contributed by atoms with E-state index in [2.05, 4.69) is 0 Å². The SMILES string of the molecule is CC(C)(C)OC(=O)N1CCC[C@H]1/C=C\S(N)(=O)=O. The van der Waals surface area contributed by atoms with Crippen LogP contribution >= 0.6 is 0 Å². The zero-order chi connectivity index (χ0) is 14.0.